The van der Waals surface area contributed by atoms with Crippen LogP contribution in [-0.4, -0.2) is 22.2 Å². The first-order valence-corrected chi connectivity index (χ1v) is 7.09. The van der Waals surface area contributed by atoms with Crippen molar-refractivity contribution in [2.24, 2.45) is 0 Å². The fraction of sp³-hybridized carbons (Fsp3) is 0.462. The third-order valence-corrected chi connectivity index (χ3v) is 4.49. The minimum atomic E-state index is -0.545. The monoisotopic (exact) mass is 263 g/mol. The number of nitrogens with zero attached hydrogens (tertiary/aromatic N) is 1. The minimum absolute atomic E-state index is 0.545. The predicted molar refractivity (Wildman–Crippen MR) is 75.9 cm³/mol. The highest BCUT2D eigenvalue weighted by atomic mass is 32.1. The largest absolute Gasteiger partial charge is 0.399 e. The topological polar surface area (TPSA) is 71.2 Å². The van der Waals surface area contributed by atoms with Crippen LogP contribution in [0.5, 0.6) is 0 Å². The summed E-state index contributed by atoms with van der Waals surface area (Å²) >= 11 is 1.58. The normalized spacial score (nSPS) is 18.3. The Morgan fingerprint density at radius 2 is 2.17 bits per heavy atom. The van der Waals surface area contributed by atoms with E-state index in [1.165, 1.54) is 0 Å². The molecule has 0 amide bonds. The van der Waals surface area contributed by atoms with Crippen molar-refractivity contribution in [3.63, 3.8) is 0 Å². The van der Waals surface area contributed by atoms with Crippen molar-refractivity contribution in [3.05, 3.63) is 18.2 Å². The lowest BCUT2D eigenvalue weighted by atomic mass is 10.0. The van der Waals surface area contributed by atoms with E-state index < -0.39 is 5.60 Å². The van der Waals surface area contributed by atoms with Gasteiger partial charge in [-0.25, -0.2) is 4.98 Å². The van der Waals surface area contributed by atoms with Gasteiger partial charge in [0.05, 0.1) is 15.8 Å². The summed E-state index contributed by atoms with van der Waals surface area (Å²) in [7, 11) is 0. The molecule has 5 heteroatoms. The molecule has 96 valence electrons. The molecule has 1 heterocycles. The second-order valence-electron chi connectivity index (χ2n) is 5.03. The van der Waals surface area contributed by atoms with E-state index in [9.17, 15) is 5.11 Å². The van der Waals surface area contributed by atoms with E-state index in [-0.39, 0.29) is 0 Å². The number of nitrogens with two attached hydrogens (primary N) is 1. The molecule has 0 aliphatic heterocycles. The fourth-order valence-corrected chi connectivity index (χ4v) is 3.38. The number of nitrogen functional groups attached to an aromatic ring is 1. The van der Waals surface area contributed by atoms with Crippen molar-refractivity contribution in [3.8, 4) is 0 Å². The summed E-state index contributed by atoms with van der Waals surface area (Å²) in [5, 5.41) is 14.4. The molecule has 18 heavy (non-hydrogen) atoms. The van der Waals surface area contributed by atoms with Gasteiger partial charge in [0.15, 0.2) is 5.13 Å². The van der Waals surface area contributed by atoms with Gasteiger partial charge in [0.25, 0.3) is 0 Å². The highest BCUT2D eigenvalue weighted by Crippen LogP contribution is 2.31. The molecule has 0 saturated heterocycles. The zero-order chi connectivity index (χ0) is 12.6. The molecule has 1 aliphatic carbocycles. The van der Waals surface area contributed by atoms with Crippen LogP contribution in [0.25, 0.3) is 10.2 Å². The first-order valence-electron chi connectivity index (χ1n) is 6.27. The van der Waals surface area contributed by atoms with Crippen molar-refractivity contribution in [2.75, 3.05) is 17.6 Å². The van der Waals surface area contributed by atoms with Crippen LogP contribution in [0.4, 0.5) is 10.8 Å². The van der Waals surface area contributed by atoms with Gasteiger partial charge in [0.2, 0.25) is 0 Å². The second kappa shape index (κ2) is 4.40. The summed E-state index contributed by atoms with van der Waals surface area (Å²) in [5.41, 5.74) is 6.91. The highest BCUT2D eigenvalue weighted by Gasteiger charge is 2.30. The molecular weight excluding hydrogens is 246 g/mol. The predicted octanol–water partition coefficient (Wildman–Crippen LogP) is 2.60. The van der Waals surface area contributed by atoms with Crippen LogP contribution in [0.2, 0.25) is 0 Å². The quantitative estimate of drug-likeness (QED) is 0.744. The Hall–Kier alpha value is -1.33. The summed E-state index contributed by atoms with van der Waals surface area (Å²) in [6.07, 6.45) is 4.01. The Bertz CT molecular complexity index is 560. The van der Waals surface area contributed by atoms with Gasteiger partial charge in [-0.2, -0.15) is 0 Å². The molecule has 0 atom stereocenters. The lowest BCUT2D eigenvalue weighted by molar-refractivity contribution is 0.0615. The van der Waals surface area contributed by atoms with Gasteiger partial charge < -0.3 is 16.2 Å². The van der Waals surface area contributed by atoms with E-state index >= 15 is 0 Å². The van der Waals surface area contributed by atoms with E-state index in [0.29, 0.717) is 6.54 Å². The smallest absolute Gasteiger partial charge is 0.183 e. The second-order valence-corrected chi connectivity index (χ2v) is 6.06. The summed E-state index contributed by atoms with van der Waals surface area (Å²) in [6.45, 7) is 0.586. The number of aliphatic hydroxyl groups is 1. The maximum atomic E-state index is 10.3. The maximum Gasteiger partial charge on any atom is 0.183 e. The summed E-state index contributed by atoms with van der Waals surface area (Å²) in [6, 6.07) is 5.72. The van der Waals surface area contributed by atoms with Crippen LogP contribution in [0.3, 0.4) is 0 Å². The SMILES string of the molecule is Nc1ccc2nc(NCC3(O)CCCC3)sc2c1. The molecule has 1 fully saturated rings. The number of rotatable bonds is 3. The third-order valence-electron chi connectivity index (χ3n) is 3.52. The zero-order valence-electron chi connectivity index (χ0n) is 10.1. The van der Waals surface area contributed by atoms with Crippen molar-refractivity contribution in [2.45, 2.75) is 31.3 Å². The number of fused-ring (bicyclic) bond motifs is 1. The van der Waals surface area contributed by atoms with E-state index in [0.717, 1.165) is 46.7 Å². The number of nitrogens with one attached hydrogen (secondary N) is 1. The molecule has 4 nitrogen and oxygen atoms in total. The average molecular weight is 263 g/mol. The van der Waals surface area contributed by atoms with Crippen LogP contribution in [0.15, 0.2) is 18.2 Å². The van der Waals surface area contributed by atoms with Crippen LogP contribution >= 0.6 is 11.3 Å². The van der Waals surface area contributed by atoms with Gasteiger partial charge in [-0.05, 0) is 31.0 Å². The molecule has 1 aromatic carbocycles. The molecule has 2 aromatic rings. The van der Waals surface area contributed by atoms with E-state index in [4.69, 9.17) is 5.73 Å². The summed E-state index contributed by atoms with van der Waals surface area (Å²) < 4.78 is 1.08. The maximum absolute atomic E-state index is 10.3. The molecule has 3 rings (SSSR count). The third kappa shape index (κ3) is 2.28. The molecular formula is C13H17N3OS. The molecule has 4 N–H and O–H groups in total. The molecule has 0 bridgehead atoms. The van der Waals surface area contributed by atoms with Crippen LogP contribution < -0.4 is 11.1 Å². The van der Waals surface area contributed by atoms with E-state index in [1.54, 1.807) is 11.3 Å². The van der Waals surface area contributed by atoms with E-state index in [2.05, 4.69) is 10.3 Å². The first kappa shape index (κ1) is 11.7. The van der Waals surface area contributed by atoms with Crippen LogP contribution in [0.1, 0.15) is 25.7 Å². The number of aromatic nitrogens is 1. The fourth-order valence-electron chi connectivity index (χ4n) is 2.47. The molecule has 1 aromatic heterocycles. The molecule has 0 radical (unpaired) electrons. The van der Waals surface area contributed by atoms with Crippen molar-refractivity contribution in [1.82, 2.24) is 4.98 Å². The van der Waals surface area contributed by atoms with Gasteiger partial charge in [-0.15, -0.1) is 0 Å². The lowest BCUT2D eigenvalue weighted by Gasteiger charge is -2.21. The Balaban J connectivity index is 1.74. The lowest BCUT2D eigenvalue weighted by Crippen LogP contribution is -2.33. The summed E-state index contributed by atoms with van der Waals surface area (Å²) in [5.74, 6) is 0. The van der Waals surface area contributed by atoms with Crippen molar-refractivity contribution < 1.29 is 5.11 Å². The Morgan fingerprint density at radius 1 is 1.39 bits per heavy atom. The van der Waals surface area contributed by atoms with Crippen molar-refractivity contribution in [1.29, 1.82) is 0 Å². The van der Waals surface area contributed by atoms with E-state index in [1.807, 2.05) is 18.2 Å². The number of thiazole rings is 1. The van der Waals surface area contributed by atoms with Gasteiger partial charge in [0.1, 0.15) is 0 Å². The first-order chi connectivity index (χ1) is 8.65. The average Bonchev–Trinajstić information content (AvgIpc) is 2.93. The Morgan fingerprint density at radius 3 is 2.94 bits per heavy atom. The van der Waals surface area contributed by atoms with Crippen LogP contribution in [0, 0.1) is 0 Å². The highest BCUT2D eigenvalue weighted by molar-refractivity contribution is 7.22. The molecule has 0 unspecified atom stereocenters. The van der Waals surface area contributed by atoms with Gasteiger partial charge >= 0.3 is 0 Å². The van der Waals surface area contributed by atoms with Crippen molar-refractivity contribution >= 4 is 32.4 Å². The van der Waals surface area contributed by atoms with Gasteiger partial charge in [-0.3, -0.25) is 0 Å². The number of anilines is 2. The standard InChI is InChI=1S/C13H17N3OS/c14-9-3-4-10-11(7-9)18-12(16-10)15-8-13(17)5-1-2-6-13/h3-4,7,17H,1-2,5-6,8,14H2,(H,15,16). The molecule has 0 spiro atoms. The summed E-state index contributed by atoms with van der Waals surface area (Å²) in [4.78, 5) is 4.49. The number of hydrogen-bond donors (Lipinski definition) is 3. The molecule has 1 saturated carbocycles. The number of benzene rings is 1. The molecule has 1 aliphatic rings. The Labute approximate surface area is 110 Å². The zero-order valence-corrected chi connectivity index (χ0v) is 11.0. The van der Waals surface area contributed by atoms with Crippen LogP contribution in [-0.2, 0) is 0 Å². The number of hydrogen-bond acceptors (Lipinski definition) is 5. The van der Waals surface area contributed by atoms with Gasteiger partial charge in [-0.1, -0.05) is 24.2 Å². The van der Waals surface area contributed by atoms with Gasteiger partial charge in [0, 0.05) is 12.2 Å². The minimum Gasteiger partial charge on any atom is -0.399 e. The Kier molecular flexibility index (Phi) is 2.87.